The summed E-state index contributed by atoms with van der Waals surface area (Å²) in [6.07, 6.45) is -1.64. The number of fused-ring (bicyclic) bond motifs is 1. The fraction of sp³-hybridized carbons (Fsp3) is 0.611. The number of nitrogens with one attached hydrogen (secondary N) is 1. The van der Waals surface area contributed by atoms with Gasteiger partial charge in [0.15, 0.2) is 0 Å². The third-order valence-corrected chi connectivity index (χ3v) is 5.75. The number of amides is 1. The molecular formula is C18H22F3N3O. The van der Waals surface area contributed by atoms with Gasteiger partial charge in [-0.2, -0.15) is 13.2 Å². The fourth-order valence-corrected chi connectivity index (χ4v) is 4.45. The molecule has 3 fully saturated rings. The molecule has 3 unspecified atom stereocenters. The molecule has 0 bridgehead atoms. The van der Waals surface area contributed by atoms with E-state index in [1.54, 1.807) is 6.07 Å². The molecule has 0 aliphatic carbocycles. The number of alkyl halides is 3. The Morgan fingerprint density at radius 2 is 2.00 bits per heavy atom. The van der Waals surface area contributed by atoms with Crippen molar-refractivity contribution in [2.75, 3.05) is 31.1 Å². The molecule has 1 N–H and O–H groups in total. The number of hydrogen-bond acceptors (Lipinski definition) is 3. The third-order valence-electron chi connectivity index (χ3n) is 5.75. The van der Waals surface area contributed by atoms with E-state index in [0.717, 1.165) is 32.0 Å². The largest absolute Gasteiger partial charge is 0.416 e. The Balaban J connectivity index is 1.44. The topological polar surface area (TPSA) is 35.6 Å². The lowest BCUT2D eigenvalue weighted by atomic mass is 10.1. The van der Waals surface area contributed by atoms with Gasteiger partial charge < -0.3 is 15.1 Å². The van der Waals surface area contributed by atoms with Crippen LogP contribution < -0.4 is 10.2 Å². The Bertz CT molecular complexity index is 663. The lowest BCUT2D eigenvalue weighted by Gasteiger charge is -2.27. The van der Waals surface area contributed by atoms with Gasteiger partial charge >= 0.3 is 6.18 Å². The summed E-state index contributed by atoms with van der Waals surface area (Å²) in [5, 5.41) is 3.44. The monoisotopic (exact) mass is 353 g/mol. The summed E-state index contributed by atoms with van der Waals surface area (Å²) in [6.45, 7) is 2.88. The first kappa shape index (κ1) is 16.7. The summed E-state index contributed by atoms with van der Waals surface area (Å²) in [7, 11) is 0. The van der Waals surface area contributed by atoms with Gasteiger partial charge in [0.25, 0.3) is 0 Å². The summed E-state index contributed by atoms with van der Waals surface area (Å²) < 4.78 is 38.7. The lowest BCUT2D eigenvalue weighted by molar-refractivity contribution is -0.137. The van der Waals surface area contributed by atoms with E-state index in [4.69, 9.17) is 0 Å². The summed E-state index contributed by atoms with van der Waals surface area (Å²) in [6, 6.07) is 6.11. The highest BCUT2D eigenvalue weighted by molar-refractivity contribution is 5.81. The molecule has 3 aliphatic heterocycles. The molecule has 4 nitrogen and oxygen atoms in total. The normalized spacial score (nSPS) is 29.3. The summed E-state index contributed by atoms with van der Waals surface area (Å²) in [4.78, 5) is 16.8. The second kappa shape index (κ2) is 6.20. The van der Waals surface area contributed by atoms with Crippen molar-refractivity contribution in [2.24, 2.45) is 5.92 Å². The van der Waals surface area contributed by atoms with Crippen LogP contribution in [0.5, 0.6) is 0 Å². The van der Waals surface area contributed by atoms with Crippen molar-refractivity contribution >= 4 is 11.6 Å². The van der Waals surface area contributed by atoms with Gasteiger partial charge in [-0.15, -0.1) is 0 Å². The van der Waals surface area contributed by atoms with Crippen molar-refractivity contribution < 1.29 is 18.0 Å². The molecule has 0 spiro atoms. The van der Waals surface area contributed by atoms with Crippen molar-refractivity contribution in [3.8, 4) is 0 Å². The van der Waals surface area contributed by atoms with E-state index >= 15 is 0 Å². The van der Waals surface area contributed by atoms with Gasteiger partial charge in [-0.1, -0.05) is 6.07 Å². The molecular weight excluding hydrogens is 331 g/mol. The first-order chi connectivity index (χ1) is 11.9. The average molecular weight is 353 g/mol. The highest BCUT2D eigenvalue weighted by Crippen LogP contribution is 2.34. The number of carbonyl (C=O) groups excluding carboxylic acids is 1. The van der Waals surface area contributed by atoms with E-state index in [2.05, 4.69) is 5.32 Å². The minimum Gasteiger partial charge on any atom is -0.371 e. The van der Waals surface area contributed by atoms with E-state index in [1.807, 2.05) is 9.80 Å². The standard InChI is InChI=1S/C18H22F3N3O/c19-18(20,21)13-2-1-3-14(10-13)23-8-5-12(11-23)17(25)24-9-6-15-16(24)4-7-22-15/h1-3,10,12,15-16,22H,4-9,11H2. The minimum absolute atomic E-state index is 0.117. The van der Waals surface area contributed by atoms with E-state index in [-0.39, 0.29) is 11.8 Å². The molecule has 3 atom stereocenters. The molecule has 0 saturated carbocycles. The van der Waals surface area contributed by atoms with Gasteiger partial charge in [0.2, 0.25) is 5.91 Å². The SMILES string of the molecule is O=C(C1CCN(c2cccc(C(F)(F)F)c2)C1)N1CCC2NCCC21. The van der Waals surface area contributed by atoms with Gasteiger partial charge in [-0.25, -0.2) is 0 Å². The van der Waals surface area contributed by atoms with Crippen molar-refractivity contribution in [1.29, 1.82) is 0 Å². The molecule has 25 heavy (non-hydrogen) atoms. The van der Waals surface area contributed by atoms with Gasteiger partial charge in [0.1, 0.15) is 0 Å². The van der Waals surface area contributed by atoms with Crippen LogP contribution in [0.4, 0.5) is 18.9 Å². The van der Waals surface area contributed by atoms with Gasteiger partial charge in [0.05, 0.1) is 11.5 Å². The van der Waals surface area contributed by atoms with Crippen LogP contribution in [0.1, 0.15) is 24.8 Å². The minimum atomic E-state index is -4.34. The third kappa shape index (κ3) is 3.10. The number of benzene rings is 1. The van der Waals surface area contributed by atoms with Crippen molar-refractivity contribution in [1.82, 2.24) is 10.2 Å². The zero-order valence-corrected chi connectivity index (χ0v) is 13.9. The van der Waals surface area contributed by atoms with E-state index in [0.29, 0.717) is 37.3 Å². The Labute approximate surface area is 145 Å². The Morgan fingerprint density at radius 1 is 1.16 bits per heavy atom. The van der Waals surface area contributed by atoms with Gasteiger partial charge in [-0.3, -0.25) is 4.79 Å². The Hall–Kier alpha value is -1.76. The molecule has 4 rings (SSSR count). The van der Waals surface area contributed by atoms with Crippen LogP contribution in [0.2, 0.25) is 0 Å². The van der Waals surface area contributed by atoms with E-state index in [9.17, 15) is 18.0 Å². The second-order valence-electron chi connectivity index (χ2n) is 7.22. The molecule has 0 aromatic heterocycles. The molecule has 7 heteroatoms. The Morgan fingerprint density at radius 3 is 2.80 bits per heavy atom. The quantitative estimate of drug-likeness (QED) is 0.887. The molecule has 1 amide bonds. The summed E-state index contributed by atoms with van der Waals surface area (Å²) >= 11 is 0. The zero-order chi connectivity index (χ0) is 17.6. The van der Waals surface area contributed by atoms with Crippen LogP contribution in [0, 0.1) is 5.92 Å². The maximum Gasteiger partial charge on any atom is 0.416 e. The van der Waals surface area contributed by atoms with E-state index in [1.165, 1.54) is 12.1 Å². The summed E-state index contributed by atoms with van der Waals surface area (Å²) in [5.74, 6) is 0.0552. The number of anilines is 1. The number of hydrogen-bond donors (Lipinski definition) is 1. The van der Waals surface area contributed by atoms with Gasteiger partial charge in [0, 0.05) is 37.4 Å². The van der Waals surface area contributed by atoms with Crippen LogP contribution in [0.3, 0.4) is 0 Å². The predicted molar refractivity (Wildman–Crippen MR) is 88.3 cm³/mol. The van der Waals surface area contributed by atoms with Gasteiger partial charge in [-0.05, 0) is 44.0 Å². The van der Waals surface area contributed by atoms with Crippen LogP contribution >= 0.6 is 0 Å². The lowest BCUT2D eigenvalue weighted by Crippen LogP contribution is -2.42. The molecule has 0 radical (unpaired) electrons. The molecule has 1 aromatic carbocycles. The average Bonchev–Trinajstić information content (AvgIpc) is 3.30. The maximum absolute atomic E-state index is 12.9. The van der Waals surface area contributed by atoms with Crippen LogP contribution in [-0.4, -0.2) is 49.1 Å². The molecule has 3 heterocycles. The molecule has 136 valence electrons. The number of nitrogens with zero attached hydrogens (tertiary/aromatic N) is 2. The number of likely N-dealkylation sites (tertiary alicyclic amines) is 1. The van der Waals surface area contributed by atoms with E-state index < -0.39 is 11.7 Å². The first-order valence-electron chi connectivity index (χ1n) is 8.89. The number of rotatable bonds is 2. The van der Waals surface area contributed by atoms with Crippen molar-refractivity contribution in [2.45, 2.75) is 37.5 Å². The van der Waals surface area contributed by atoms with Crippen LogP contribution in [0.25, 0.3) is 0 Å². The smallest absolute Gasteiger partial charge is 0.371 e. The summed E-state index contributed by atoms with van der Waals surface area (Å²) in [5.41, 5.74) is -0.0915. The van der Waals surface area contributed by atoms with Crippen molar-refractivity contribution in [3.63, 3.8) is 0 Å². The van der Waals surface area contributed by atoms with Crippen LogP contribution in [-0.2, 0) is 11.0 Å². The highest BCUT2D eigenvalue weighted by Gasteiger charge is 2.43. The molecule has 1 aromatic rings. The molecule has 3 aliphatic rings. The molecule has 3 saturated heterocycles. The fourth-order valence-electron chi connectivity index (χ4n) is 4.45. The van der Waals surface area contributed by atoms with Crippen LogP contribution in [0.15, 0.2) is 24.3 Å². The predicted octanol–water partition coefficient (Wildman–Crippen LogP) is 2.49. The number of carbonyl (C=O) groups is 1. The highest BCUT2D eigenvalue weighted by atomic mass is 19.4. The van der Waals surface area contributed by atoms with Crippen molar-refractivity contribution in [3.05, 3.63) is 29.8 Å². The first-order valence-corrected chi connectivity index (χ1v) is 8.89. The Kier molecular flexibility index (Phi) is 4.14. The zero-order valence-electron chi connectivity index (χ0n) is 13.9. The maximum atomic E-state index is 12.9. The number of halogens is 3. The second-order valence-corrected chi connectivity index (χ2v) is 7.22.